The van der Waals surface area contributed by atoms with Crippen molar-refractivity contribution in [3.05, 3.63) is 64.4 Å². The number of hydrogen-bond acceptors (Lipinski definition) is 4. The lowest BCUT2D eigenvalue weighted by Crippen LogP contribution is -2.24. The number of esters is 1. The van der Waals surface area contributed by atoms with Crippen LogP contribution in [-0.4, -0.2) is 11.9 Å². The van der Waals surface area contributed by atoms with Gasteiger partial charge in [-0.05, 0) is 23.1 Å². The van der Waals surface area contributed by atoms with Crippen LogP contribution in [0, 0.1) is 0 Å². The fourth-order valence-corrected chi connectivity index (χ4v) is 2.34. The lowest BCUT2D eigenvalue weighted by molar-refractivity contribution is -0.150. The van der Waals surface area contributed by atoms with Crippen molar-refractivity contribution < 1.29 is 14.3 Å². The molecule has 0 aliphatic rings. The Labute approximate surface area is 120 Å². The Morgan fingerprint density at radius 3 is 2.50 bits per heavy atom. The van der Waals surface area contributed by atoms with Crippen molar-refractivity contribution in [1.29, 1.82) is 0 Å². The summed E-state index contributed by atoms with van der Waals surface area (Å²) >= 11 is 1.31. The number of ether oxygens (including phenoxy) is 1. The van der Waals surface area contributed by atoms with E-state index in [0.29, 0.717) is 4.88 Å². The van der Waals surface area contributed by atoms with Crippen LogP contribution in [0.2, 0.25) is 0 Å². The SMILES string of the molecule is NC(=O)C(OC(=O)/C=C/c1ccccc1)c1cccs1. The summed E-state index contributed by atoms with van der Waals surface area (Å²) in [4.78, 5) is 23.7. The molecule has 0 fully saturated rings. The molecule has 1 aromatic heterocycles. The Balaban J connectivity index is 2.03. The molecule has 1 unspecified atom stereocenters. The highest BCUT2D eigenvalue weighted by Crippen LogP contribution is 2.22. The molecule has 0 radical (unpaired) electrons. The minimum atomic E-state index is -1.04. The van der Waals surface area contributed by atoms with Gasteiger partial charge in [-0.25, -0.2) is 4.79 Å². The molecule has 102 valence electrons. The molecule has 4 nitrogen and oxygen atoms in total. The third kappa shape index (κ3) is 3.80. The zero-order valence-electron chi connectivity index (χ0n) is 10.6. The number of rotatable bonds is 5. The monoisotopic (exact) mass is 287 g/mol. The van der Waals surface area contributed by atoms with Crippen LogP contribution in [-0.2, 0) is 14.3 Å². The second-order valence-corrected chi connectivity index (χ2v) is 4.96. The van der Waals surface area contributed by atoms with Gasteiger partial charge in [-0.1, -0.05) is 36.4 Å². The largest absolute Gasteiger partial charge is 0.443 e. The van der Waals surface area contributed by atoms with Gasteiger partial charge in [0.2, 0.25) is 6.10 Å². The number of carbonyl (C=O) groups excluding carboxylic acids is 2. The maximum absolute atomic E-state index is 11.7. The summed E-state index contributed by atoms with van der Waals surface area (Å²) in [7, 11) is 0. The van der Waals surface area contributed by atoms with Crippen molar-refractivity contribution >= 4 is 29.3 Å². The Bertz CT molecular complexity index is 605. The lowest BCUT2D eigenvalue weighted by atomic mass is 10.2. The van der Waals surface area contributed by atoms with Crippen LogP contribution in [0.15, 0.2) is 53.9 Å². The molecule has 1 atom stereocenters. The molecule has 20 heavy (non-hydrogen) atoms. The number of amides is 1. The van der Waals surface area contributed by atoms with Crippen molar-refractivity contribution in [2.24, 2.45) is 5.73 Å². The van der Waals surface area contributed by atoms with Crippen molar-refractivity contribution in [3.63, 3.8) is 0 Å². The standard InChI is InChI=1S/C15H13NO3S/c16-15(18)14(12-7-4-10-20-12)19-13(17)9-8-11-5-2-1-3-6-11/h1-10,14H,(H2,16,18)/b9-8+. The highest BCUT2D eigenvalue weighted by molar-refractivity contribution is 7.10. The second kappa shape index (κ2) is 6.68. The predicted octanol–water partition coefficient (Wildman–Crippen LogP) is 2.53. The highest BCUT2D eigenvalue weighted by atomic mass is 32.1. The number of hydrogen-bond donors (Lipinski definition) is 1. The van der Waals surface area contributed by atoms with Gasteiger partial charge in [0, 0.05) is 6.08 Å². The van der Waals surface area contributed by atoms with Gasteiger partial charge in [-0.15, -0.1) is 11.3 Å². The van der Waals surface area contributed by atoms with Gasteiger partial charge in [0.25, 0.3) is 5.91 Å². The minimum Gasteiger partial charge on any atom is -0.443 e. The Kier molecular flexibility index (Phi) is 4.68. The van der Waals surface area contributed by atoms with Gasteiger partial charge in [-0.2, -0.15) is 0 Å². The molecule has 1 aromatic carbocycles. The molecular formula is C15H13NO3S. The highest BCUT2D eigenvalue weighted by Gasteiger charge is 2.22. The molecule has 1 amide bonds. The predicted molar refractivity (Wildman–Crippen MR) is 77.8 cm³/mol. The second-order valence-electron chi connectivity index (χ2n) is 3.98. The van der Waals surface area contributed by atoms with Gasteiger partial charge in [0.05, 0.1) is 4.88 Å². The molecule has 0 bridgehead atoms. The zero-order valence-corrected chi connectivity index (χ0v) is 11.4. The lowest BCUT2D eigenvalue weighted by Gasteiger charge is -2.11. The summed E-state index contributed by atoms with van der Waals surface area (Å²) in [5.74, 6) is -1.29. The summed E-state index contributed by atoms with van der Waals surface area (Å²) in [6.07, 6.45) is 1.86. The van der Waals surface area contributed by atoms with Crippen LogP contribution < -0.4 is 5.73 Å². The number of thiophene rings is 1. The fourth-order valence-electron chi connectivity index (χ4n) is 1.58. The van der Waals surface area contributed by atoms with E-state index in [2.05, 4.69) is 0 Å². The van der Waals surface area contributed by atoms with E-state index in [4.69, 9.17) is 10.5 Å². The van der Waals surface area contributed by atoms with Crippen LogP contribution in [0.4, 0.5) is 0 Å². The van der Waals surface area contributed by atoms with Gasteiger partial charge in [0.1, 0.15) is 0 Å². The minimum absolute atomic E-state index is 0.606. The first-order valence-electron chi connectivity index (χ1n) is 5.93. The molecule has 2 aromatic rings. The van der Waals surface area contributed by atoms with Gasteiger partial charge in [0.15, 0.2) is 0 Å². The first-order valence-corrected chi connectivity index (χ1v) is 6.81. The van der Waals surface area contributed by atoms with Crippen molar-refractivity contribution in [2.45, 2.75) is 6.10 Å². The third-order valence-electron chi connectivity index (χ3n) is 2.51. The quantitative estimate of drug-likeness (QED) is 0.678. The van der Waals surface area contributed by atoms with Crippen molar-refractivity contribution in [2.75, 3.05) is 0 Å². The molecule has 2 rings (SSSR count). The van der Waals surface area contributed by atoms with Crippen molar-refractivity contribution in [3.8, 4) is 0 Å². The van der Waals surface area contributed by atoms with Gasteiger partial charge in [-0.3, -0.25) is 4.79 Å². The molecule has 2 N–H and O–H groups in total. The molecule has 0 spiro atoms. The molecule has 0 aliphatic heterocycles. The Morgan fingerprint density at radius 2 is 1.90 bits per heavy atom. The van der Waals surface area contributed by atoms with Crippen LogP contribution in [0.5, 0.6) is 0 Å². The molecular weight excluding hydrogens is 274 g/mol. The fraction of sp³-hybridized carbons (Fsp3) is 0.0667. The number of primary amides is 1. The maximum atomic E-state index is 11.7. The van der Waals surface area contributed by atoms with Crippen molar-refractivity contribution in [1.82, 2.24) is 0 Å². The van der Waals surface area contributed by atoms with E-state index in [9.17, 15) is 9.59 Å². The van der Waals surface area contributed by atoms with E-state index in [-0.39, 0.29) is 0 Å². The van der Waals surface area contributed by atoms with Crippen LogP contribution in [0.25, 0.3) is 6.08 Å². The zero-order chi connectivity index (χ0) is 14.4. The summed E-state index contributed by atoms with van der Waals surface area (Å²) in [6.45, 7) is 0. The van der Waals surface area contributed by atoms with E-state index >= 15 is 0 Å². The Hall–Kier alpha value is -2.40. The summed E-state index contributed by atoms with van der Waals surface area (Å²) < 4.78 is 5.09. The summed E-state index contributed by atoms with van der Waals surface area (Å²) in [6, 6.07) is 12.8. The first kappa shape index (κ1) is 14.0. The van der Waals surface area contributed by atoms with E-state index in [0.717, 1.165) is 5.56 Å². The first-order chi connectivity index (χ1) is 9.66. The number of benzene rings is 1. The number of nitrogens with two attached hydrogens (primary N) is 1. The Morgan fingerprint density at radius 1 is 1.15 bits per heavy atom. The summed E-state index contributed by atoms with van der Waals surface area (Å²) in [5, 5.41) is 1.79. The van der Waals surface area contributed by atoms with E-state index in [1.807, 2.05) is 30.3 Å². The number of carbonyl (C=O) groups is 2. The van der Waals surface area contributed by atoms with Crippen LogP contribution >= 0.6 is 11.3 Å². The molecule has 0 saturated carbocycles. The van der Waals surface area contributed by atoms with Crippen LogP contribution in [0.1, 0.15) is 16.5 Å². The van der Waals surface area contributed by atoms with E-state index in [1.54, 1.807) is 23.6 Å². The molecule has 0 saturated heterocycles. The van der Waals surface area contributed by atoms with Gasteiger partial charge < -0.3 is 10.5 Å². The average molecular weight is 287 g/mol. The van der Waals surface area contributed by atoms with E-state index < -0.39 is 18.0 Å². The molecule has 1 heterocycles. The average Bonchev–Trinajstić information content (AvgIpc) is 2.97. The van der Waals surface area contributed by atoms with E-state index in [1.165, 1.54) is 17.4 Å². The summed E-state index contributed by atoms with van der Waals surface area (Å²) in [5.41, 5.74) is 6.12. The smallest absolute Gasteiger partial charge is 0.331 e. The third-order valence-corrected chi connectivity index (χ3v) is 3.42. The maximum Gasteiger partial charge on any atom is 0.331 e. The van der Waals surface area contributed by atoms with Crippen LogP contribution in [0.3, 0.4) is 0 Å². The normalized spacial score (nSPS) is 12.2. The molecule has 0 aliphatic carbocycles. The topological polar surface area (TPSA) is 69.4 Å². The van der Waals surface area contributed by atoms with Gasteiger partial charge >= 0.3 is 5.97 Å². The molecule has 5 heteroatoms.